The van der Waals surface area contributed by atoms with Crippen LogP contribution in [0.25, 0.3) is 5.57 Å². The van der Waals surface area contributed by atoms with Gasteiger partial charge in [0.25, 0.3) is 0 Å². The van der Waals surface area contributed by atoms with Crippen molar-refractivity contribution in [2.24, 2.45) is 0 Å². The number of aromatic nitrogens is 2. The van der Waals surface area contributed by atoms with Gasteiger partial charge in [-0.05, 0) is 49.8 Å². The van der Waals surface area contributed by atoms with Crippen LogP contribution in [0.15, 0.2) is 11.1 Å². The number of nitrogens with zero attached hydrogens (tertiary/aromatic N) is 2. The summed E-state index contributed by atoms with van der Waals surface area (Å²) in [7, 11) is 0. The van der Waals surface area contributed by atoms with Crippen molar-refractivity contribution in [2.45, 2.75) is 37.3 Å². The van der Waals surface area contributed by atoms with Crippen LogP contribution in [-0.4, -0.2) is 32.8 Å². The summed E-state index contributed by atoms with van der Waals surface area (Å²) in [5.41, 5.74) is 2.40. The molecule has 6 heteroatoms. The fraction of sp³-hybridized carbons (Fsp3) is 0.667. The molecule has 0 bridgehead atoms. The molecule has 1 aliphatic heterocycles. The van der Waals surface area contributed by atoms with Crippen LogP contribution in [0.4, 0.5) is 0 Å². The molecule has 1 aromatic rings. The van der Waals surface area contributed by atoms with Crippen molar-refractivity contribution in [2.75, 3.05) is 18.1 Å². The van der Waals surface area contributed by atoms with Crippen molar-refractivity contribution in [3.63, 3.8) is 0 Å². The van der Waals surface area contributed by atoms with Gasteiger partial charge in [0.2, 0.25) is 0 Å². The van der Waals surface area contributed by atoms with Crippen molar-refractivity contribution in [1.82, 2.24) is 14.1 Å². The lowest BCUT2D eigenvalue weighted by Crippen LogP contribution is -2.31. The Morgan fingerprint density at radius 2 is 2.39 bits per heavy atom. The quantitative estimate of drug-likeness (QED) is 0.481. The Morgan fingerprint density at radius 3 is 3.17 bits per heavy atom. The fourth-order valence-electron chi connectivity index (χ4n) is 1.95. The maximum absolute atomic E-state index is 4.48. The third kappa shape index (κ3) is 3.73. The second kappa shape index (κ2) is 7.53. The van der Waals surface area contributed by atoms with E-state index < -0.39 is 0 Å². The molecular weight excluding hydrogens is 282 g/mol. The summed E-state index contributed by atoms with van der Waals surface area (Å²) in [4.78, 5) is 0. The molecule has 1 aromatic heterocycles. The van der Waals surface area contributed by atoms with Gasteiger partial charge in [0.1, 0.15) is 10.7 Å². The van der Waals surface area contributed by atoms with Crippen LogP contribution in [0.3, 0.4) is 0 Å². The molecule has 0 fully saturated rings. The zero-order valence-electron chi connectivity index (χ0n) is 10.6. The SMILES string of the molecule is CC1NCCC=C1c1nsnc1SCCCCS. The molecule has 1 N–H and O–H groups in total. The second-order valence-corrected chi connectivity index (χ2v) is 6.38. The van der Waals surface area contributed by atoms with Gasteiger partial charge in [0.15, 0.2) is 0 Å². The molecule has 1 aliphatic rings. The van der Waals surface area contributed by atoms with E-state index in [-0.39, 0.29) is 0 Å². The Hall–Kier alpha value is -0.0400. The van der Waals surface area contributed by atoms with E-state index in [1.807, 2.05) is 11.8 Å². The molecular formula is C12H19N3S3. The minimum atomic E-state index is 0.388. The minimum absolute atomic E-state index is 0.388. The van der Waals surface area contributed by atoms with Crippen LogP contribution in [0, 0.1) is 0 Å². The van der Waals surface area contributed by atoms with Gasteiger partial charge in [-0.15, -0.1) is 11.8 Å². The fourth-order valence-corrected chi connectivity index (χ4v) is 3.86. The first kappa shape index (κ1) is 14.4. The predicted octanol–water partition coefficient (Wildman–Crippen LogP) is 3.11. The molecule has 0 radical (unpaired) electrons. The molecule has 0 aliphatic carbocycles. The lowest BCUT2D eigenvalue weighted by Gasteiger charge is -2.21. The van der Waals surface area contributed by atoms with E-state index in [2.05, 4.69) is 39.7 Å². The first-order valence-electron chi connectivity index (χ1n) is 6.33. The van der Waals surface area contributed by atoms with Crippen LogP contribution in [-0.2, 0) is 0 Å². The molecule has 3 nitrogen and oxygen atoms in total. The lowest BCUT2D eigenvalue weighted by molar-refractivity contribution is 0.624. The highest BCUT2D eigenvalue weighted by atomic mass is 32.2. The van der Waals surface area contributed by atoms with Crippen LogP contribution >= 0.6 is 36.1 Å². The van der Waals surface area contributed by atoms with E-state index in [0.717, 1.165) is 35.2 Å². The van der Waals surface area contributed by atoms with Crippen molar-refractivity contribution >= 4 is 41.7 Å². The zero-order chi connectivity index (χ0) is 12.8. The normalized spacial score (nSPS) is 19.9. The van der Waals surface area contributed by atoms with E-state index in [0.29, 0.717) is 6.04 Å². The summed E-state index contributed by atoms with van der Waals surface area (Å²) in [6, 6.07) is 0.388. The summed E-state index contributed by atoms with van der Waals surface area (Å²) in [5, 5.41) is 4.57. The number of thiol groups is 1. The molecule has 0 spiro atoms. The van der Waals surface area contributed by atoms with E-state index in [1.165, 1.54) is 30.1 Å². The van der Waals surface area contributed by atoms with Crippen molar-refractivity contribution < 1.29 is 0 Å². The maximum Gasteiger partial charge on any atom is 0.138 e. The van der Waals surface area contributed by atoms with Gasteiger partial charge < -0.3 is 5.32 Å². The molecule has 2 rings (SSSR count). The van der Waals surface area contributed by atoms with Gasteiger partial charge in [-0.3, -0.25) is 0 Å². The molecule has 100 valence electrons. The number of nitrogens with one attached hydrogen (secondary N) is 1. The smallest absolute Gasteiger partial charge is 0.138 e. The molecule has 1 unspecified atom stereocenters. The Bertz CT molecular complexity index is 403. The zero-order valence-corrected chi connectivity index (χ0v) is 13.1. The molecule has 18 heavy (non-hydrogen) atoms. The van der Waals surface area contributed by atoms with Crippen LogP contribution in [0.2, 0.25) is 0 Å². The Kier molecular flexibility index (Phi) is 6.01. The monoisotopic (exact) mass is 301 g/mol. The maximum atomic E-state index is 4.48. The van der Waals surface area contributed by atoms with Crippen LogP contribution < -0.4 is 5.32 Å². The summed E-state index contributed by atoms with van der Waals surface area (Å²) in [6.07, 6.45) is 5.75. The van der Waals surface area contributed by atoms with Crippen LogP contribution in [0.5, 0.6) is 0 Å². The highest BCUT2D eigenvalue weighted by Crippen LogP contribution is 2.30. The average Bonchev–Trinajstić information content (AvgIpc) is 2.83. The Balaban J connectivity index is 2.00. The third-order valence-corrected chi connectivity index (χ3v) is 4.96. The van der Waals surface area contributed by atoms with Gasteiger partial charge in [0, 0.05) is 6.04 Å². The van der Waals surface area contributed by atoms with E-state index in [1.54, 1.807) is 0 Å². The van der Waals surface area contributed by atoms with Gasteiger partial charge >= 0.3 is 0 Å². The first-order valence-corrected chi connectivity index (χ1v) is 8.67. The van der Waals surface area contributed by atoms with Crippen molar-refractivity contribution in [3.05, 3.63) is 11.8 Å². The van der Waals surface area contributed by atoms with E-state index in [9.17, 15) is 0 Å². The predicted molar refractivity (Wildman–Crippen MR) is 83.8 cm³/mol. The number of rotatable bonds is 6. The molecule has 2 heterocycles. The number of thioether (sulfide) groups is 1. The molecule has 0 saturated carbocycles. The largest absolute Gasteiger partial charge is 0.310 e. The number of hydrogen-bond acceptors (Lipinski definition) is 6. The highest BCUT2D eigenvalue weighted by Gasteiger charge is 2.20. The van der Waals surface area contributed by atoms with Gasteiger partial charge in [-0.2, -0.15) is 21.4 Å². The van der Waals surface area contributed by atoms with Crippen LogP contribution in [0.1, 0.15) is 31.9 Å². The standard InChI is InChI=1S/C12H19N3S3/c1-9-10(5-4-6-13-9)11-12(15-18-14-11)17-8-3-2-7-16/h5,9,13,16H,2-4,6-8H2,1H3. The third-order valence-electron chi connectivity index (χ3n) is 2.95. The van der Waals surface area contributed by atoms with Crippen molar-refractivity contribution in [3.8, 4) is 0 Å². The topological polar surface area (TPSA) is 37.8 Å². The van der Waals surface area contributed by atoms with Crippen molar-refractivity contribution in [1.29, 1.82) is 0 Å². The average molecular weight is 302 g/mol. The molecule has 0 saturated heterocycles. The summed E-state index contributed by atoms with van der Waals surface area (Å²) in [5.74, 6) is 2.07. The molecule has 1 atom stereocenters. The summed E-state index contributed by atoms with van der Waals surface area (Å²) in [6.45, 7) is 3.26. The number of unbranched alkanes of at least 4 members (excludes halogenated alkanes) is 1. The van der Waals surface area contributed by atoms with E-state index >= 15 is 0 Å². The summed E-state index contributed by atoms with van der Waals surface area (Å²) < 4.78 is 8.90. The van der Waals surface area contributed by atoms with Gasteiger partial charge in [-0.25, -0.2) is 0 Å². The second-order valence-electron chi connectivity index (χ2n) is 4.32. The Morgan fingerprint density at radius 1 is 1.50 bits per heavy atom. The first-order chi connectivity index (χ1) is 8.83. The molecule has 0 aromatic carbocycles. The molecule has 0 amide bonds. The van der Waals surface area contributed by atoms with Gasteiger partial charge in [0.05, 0.1) is 11.7 Å². The highest BCUT2D eigenvalue weighted by molar-refractivity contribution is 7.99. The van der Waals surface area contributed by atoms with E-state index in [4.69, 9.17) is 0 Å². The lowest BCUT2D eigenvalue weighted by atomic mass is 10.0. The Labute approximate surface area is 123 Å². The van der Waals surface area contributed by atoms with Gasteiger partial charge in [-0.1, -0.05) is 6.08 Å². The summed E-state index contributed by atoms with van der Waals surface area (Å²) >= 11 is 7.38. The minimum Gasteiger partial charge on any atom is -0.310 e. The number of hydrogen-bond donors (Lipinski definition) is 2.